The number of para-hydroxylation sites is 3. The van der Waals surface area contributed by atoms with Gasteiger partial charge in [0.05, 0.1) is 27.8 Å². The van der Waals surface area contributed by atoms with Crippen molar-refractivity contribution < 1.29 is 0 Å². The maximum absolute atomic E-state index is 2.85. The third-order valence-corrected chi connectivity index (χ3v) is 26.3. The molecule has 2 nitrogen and oxygen atoms in total. The van der Waals surface area contributed by atoms with Crippen LogP contribution in [0.1, 0.15) is 0 Å². The predicted octanol–water partition coefficient (Wildman–Crippen LogP) is 12.3. The maximum Gasteiger partial charge on any atom is 0.181 e. The van der Waals surface area contributed by atoms with Crippen molar-refractivity contribution in [2.45, 2.75) is 0 Å². The van der Waals surface area contributed by atoms with Gasteiger partial charge in [0.25, 0.3) is 0 Å². The van der Waals surface area contributed by atoms with Gasteiger partial charge >= 0.3 is 0 Å². The van der Waals surface area contributed by atoms with Crippen LogP contribution in [0.15, 0.2) is 303 Å². The normalized spacial score (nSPS) is 12.8. The third kappa shape index (κ3) is 6.32. The molecule has 0 unspecified atom stereocenters. The van der Waals surface area contributed by atoms with Crippen molar-refractivity contribution in [3.8, 4) is 33.6 Å². The van der Waals surface area contributed by atoms with E-state index in [-0.39, 0.29) is 0 Å². The zero-order valence-electron chi connectivity index (χ0n) is 41.8. The molecule has 1 aliphatic heterocycles. The van der Waals surface area contributed by atoms with Crippen LogP contribution in [0, 0.1) is 0 Å². The molecular formula is C72H50N2Si2. The van der Waals surface area contributed by atoms with E-state index in [1.807, 2.05) is 0 Å². The quantitative estimate of drug-likeness (QED) is 0.101. The Labute approximate surface area is 444 Å². The summed E-state index contributed by atoms with van der Waals surface area (Å²) in [6, 6.07) is 114. The van der Waals surface area contributed by atoms with Crippen LogP contribution in [0.3, 0.4) is 0 Å². The van der Waals surface area contributed by atoms with Gasteiger partial charge in [0, 0.05) is 27.2 Å². The monoisotopic (exact) mass is 998 g/mol. The summed E-state index contributed by atoms with van der Waals surface area (Å²) in [5.74, 6) is 0. The van der Waals surface area contributed by atoms with Crippen LogP contribution in [0.25, 0.3) is 77.2 Å². The molecule has 1 aliphatic rings. The number of fused-ring (bicyclic) bond motifs is 9. The Balaban J connectivity index is 0.981. The molecule has 14 aromatic rings. The number of aromatic nitrogens is 2. The molecule has 0 spiro atoms. The van der Waals surface area contributed by atoms with Crippen LogP contribution in [0.5, 0.6) is 0 Å². The van der Waals surface area contributed by atoms with E-state index in [9.17, 15) is 0 Å². The van der Waals surface area contributed by atoms with E-state index < -0.39 is 16.1 Å². The van der Waals surface area contributed by atoms with E-state index in [0.717, 1.165) is 11.4 Å². The number of rotatable bonds is 9. The van der Waals surface area contributed by atoms with Gasteiger partial charge in [-0.1, -0.05) is 267 Å². The van der Waals surface area contributed by atoms with Gasteiger partial charge in [-0.15, -0.1) is 0 Å². The Kier molecular flexibility index (Phi) is 10.3. The van der Waals surface area contributed by atoms with E-state index in [2.05, 4.69) is 312 Å². The summed E-state index contributed by atoms with van der Waals surface area (Å²) >= 11 is 0. The van der Waals surface area contributed by atoms with Crippen molar-refractivity contribution in [1.29, 1.82) is 0 Å². The number of hydrogen-bond acceptors (Lipinski definition) is 0. The zero-order valence-corrected chi connectivity index (χ0v) is 43.8. The van der Waals surface area contributed by atoms with Gasteiger partial charge in [-0.05, 0) is 100 Å². The topological polar surface area (TPSA) is 9.86 Å². The van der Waals surface area contributed by atoms with Crippen molar-refractivity contribution in [3.05, 3.63) is 303 Å². The lowest BCUT2D eigenvalue weighted by Gasteiger charge is -2.34. The summed E-state index contributed by atoms with van der Waals surface area (Å²) in [7, 11) is -5.60. The van der Waals surface area contributed by atoms with Crippen LogP contribution in [-0.2, 0) is 0 Å². The fraction of sp³-hybridized carbons (Fsp3) is 0. The average molecular weight is 999 g/mol. The molecule has 12 aromatic carbocycles. The SMILES string of the molecule is c1ccc([Si](c2ccccc2)(c2ccccc2)c2ccc(-n3c4ccccc4c4cccc(-n5c6ccccc6c6c(-c7cccc8c7[Si](c7ccccc7)(c7ccccc7)c7ccccc7-8)cccc65)c43)cc2)cc1. The van der Waals surface area contributed by atoms with Crippen molar-refractivity contribution in [2.75, 3.05) is 0 Å². The largest absolute Gasteiger partial charge is 0.307 e. The first-order valence-electron chi connectivity index (χ1n) is 26.4. The standard InChI is InChI=1S/C72H50N2Si2/c1-6-25-52(26-7-1)75(53-27-8-2-9-28-53,54-29-10-3-11-30-54)57-49-47-51(48-50-57)73-65-42-19-16-35-58(65)61-39-24-45-68(71(61)73)74-66-43-20-17-37-64(66)70-60(38-23-44-67(70)74)63-41-22-40-62-59-36-18-21-46-69(59)76(72(62)63,55-31-12-4-13-32-55)56-33-14-5-15-34-56/h1-50H. The average Bonchev–Trinajstić information content (AvgIpc) is 4.19. The van der Waals surface area contributed by atoms with E-state index in [1.54, 1.807) is 0 Å². The summed E-state index contributed by atoms with van der Waals surface area (Å²) in [5.41, 5.74) is 12.2. The fourth-order valence-electron chi connectivity index (χ4n) is 13.6. The molecule has 0 saturated carbocycles. The highest BCUT2D eigenvalue weighted by molar-refractivity contribution is 7.23. The molecule has 4 heteroatoms. The summed E-state index contributed by atoms with van der Waals surface area (Å²) in [4.78, 5) is 0. The van der Waals surface area contributed by atoms with Gasteiger partial charge in [-0.25, -0.2) is 0 Å². The van der Waals surface area contributed by atoms with E-state index in [4.69, 9.17) is 0 Å². The lowest BCUT2D eigenvalue weighted by atomic mass is 9.96. The molecule has 76 heavy (non-hydrogen) atoms. The molecule has 0 radical (unpaired) electrons. The molecule has 0 aliphatic carbocycles. The van der Waals surface area contributed by atoms with Gasteiger partial charge in [-0.3, -0.25) is 0 Å². The van der Waals surface area contributed by atoms with Gasteiger partial charge in [-0.2, -0.15) is 0 Å². The number of nitrogens with zero attached hydrogens (tertiary/aromatic N) is 2. The summed E-state index contributed by atoms with van der Waals surface area (Å²) in [5, 5.41) is 16.1. The van der Waals surface area contributed by atoms with Crippen molar-refractivity contribution in [2.24, 2.45) is 0 Å². The highest BCUT2D eigenvalue weighted by Gasteiger charge is 2.50. The highest BCUT2D eigenvalue weighted by atomic mass is 28.3. The summed E-state index contributed by atoms with van der Waals surface area (Å²) in [6.45, 7) is 0. The molecule has 0 fully saturated rings. The Morgan fingerprint density at radius 3 is 1.32 bits per heavy atom. The van der Waals surface area contributed by atoms with E-state index in [0.29, 0.717) is 0 Å². The van der Waals surface area contributed by atoms with Crippen LogP contribution < -0.4 is 41.5 Å². The first kappa shape index (κ1) is 44.2. The van der Waals surface area contributed by atoms with E-state index >= 15 is 0 Å². The molecule has 0 bridgehead atoms. The Bertz CT molecular complexity index is 4350. The molecule has 0 saturated heterocycles. The minimum Gasteiger partial charge on any atom is -0.307 e. The van der Waals surface area contributed by atoms with Crippen molar-refractivity contribution in [1.82, 2.24) is 9.13 Å². The molecule has 15 rings (SSSR count). The number of hydrogen-bond donors (Lipinski definition) is 0. The van der Waals surface area contributed by atoms with Gasteiger partial charge in [0.15, 0.2) is 16.1 Å². The second kappa shape index (κ2) is 17.7. The predicted molar refractivity (Wildman–Crippen MR) is 327 cm³/mol. The maximum atomic E-state index is 2.55. The lowest BCUT2D eigenvalue weighted by molar-refractivity contribution is 1.13. The molecule has 356 valence electrons. The molecule has 0 amide bonds. The molecule has 0 N–H and O–H groups in total. The van der Waals surface area contributed by atoms with Crippen LogP contribution in [0.2, 0.25) is 0 Å². The molecule has 3 heterocycles. The summed E-state index contributed by atoms with van der Waals surface area (Å²) < 4.78 is 5.07. The van der Waals surface area contributed by atoms with Crippen molar-refractivity contribution >= 4 is 101 Å². The third-order valence-electron chi connectivity index (χ3n) is 16.6. The Morgan fingerprint density at radius 2 is 0.697 bits per heavy atom. The summed E-state index contributed by atoms with van der Waals surface area (Å²) in [6.07, 6.45) is 0. The minimum atomic E-state index is -2.85. The van der Waals surface area contributed by atoms with Crippen LogP contribution >= 0.6 is 0 Å². The number of benzene rings is 12. The zero-order chi connectivity index (χ0) is 50.2. The first-order valence-corrected chi connectivity index (χ1v) is 30.4. The first-order chi connectivity index (χ1) is 37.8. The minimum absolute atomic E-state index is 1.13. The van der Waals surface area contributed by atoms with Gasteiger partial charge < -0.3 is 9.13 Å². The van der Waals surface area contributed by atoms with Crippen LogP contribution in [-0.4, -0.2) is 25.3 Å². The Hall–Kier alpha value is -9.33. The van der Waals surface area contributed by atoms with Crippen molar-refractivity contribution in [3.63, 3.8) is 0 Å². The fourth-order valence-corrected chi connectivity index (χ4v) is 23.7. The van der Waals surface area contributed by atoms with E-state index in [1.165, 1.54) is 107 Å². The Morgan fingerprint density at radius 1 is 0.276 bits per heavy atom. The second-order valence-electron chi connectivity index (χ2n) is 20.2. The van der Waals surface area contributed by atoms with Crippen LogP contribution in [0.4, 0.5) is 0 Å². The van der Waals surface area contributed by atoms with Gasteiger partial charge in [0.2, 0.25) is 0 Å². The lowest BCUT2D eigenvalue weighted by Crippen LogP contribution is -2.74. The molecule has 2 aromatic heterocycles. The molecular weight excluding hydrogens is 949 g/mol. The smallest absolute Gasteiger partial charge is 0.181 e. The molecule has 0 atom stereocenters. The van der Waals surface area contributed by atoms with Gasteiger partial charge in [0.1, 0.15) is 0 Å². The highest BCUT2D eigenvalue weighted by Crippen LogP contribution is 2.43. The second-order valence-corrected chi connectivity index (χ2v) is 27.7.